The maximum atomic E-state index is 11.5. The van der Waals surface area contributed by atoms with Crippen molar-refractivity contribution in [1.29, 1.82) is 0 Å². The molecule has 2 heterocycles. The molecule has 0 unspecified atom stereocenters. The molecule has 2 aromatic heterocycles. The first-order valence-electron chi connectivity index (χ1n) is 6.26. The fraction of sp³-hybridized carbons (Fsp3) is 0. The van der Waals surface area contributed by atoms with Gasteiger partial charge in [0, 0.05) is 17.4 Å². The number of nitrogens with zero attached hydrogens (tertiary/aromatic N) is 5. The number of anilines is 2. The molecule has 0 bridgehead atoms. The molecule has 0 saturated carbocycles. The van der Waals surface area contributed by atoms with Crippen LogP contribution in [0.25, 0.3) is 5.82 Å². The molecule has 0 radical (unpaired) electrons. The first-order chi connectivity index (χ1) is 11.1. The number of nitro groups is 1. The van der Waals surface area contributed by atoms with Crippen LogP contribution in [0, 0.1) is 10.1 Å². The minimum absolute atomic E-state index is 0.00198. The summed E-state index contributed by atoms with van der Waals surface area (Å²) in [5.41, 5.74) is 0.0964. The summed E-state index contributed by atoms with van der Waals surface area (Å²) in [6.07, 6.45) is 5.66. The van der Waals surface area contributed by atoms with Crippen LogP contribution in [-0.2, 0) is 0 Å². The third-order valence-electron chi connectivity index (χ3n) is 2.92. The summed E-state index contributed by atoms with van der Waals surface area (Å²) in [6.45, 7) is 0. The van der Waals surface area contributed by atoms with E-state index in [0.29, 0.717) is 15.7 Å². The van der Waals surface area contributed by atoms with Gasteiger partial charge in [-0.05, 0) is 18.2 Å². The highest BCUT2D eigenvalue weighted by Crippen LogP contribution is 2.33. The van der Waals surface area contributed by atoms with Crippen LogP contribution < -0.4 is 5.32 Å². The van der Waals surface area contributed by atoms with Crippen molar-refractivity contribution in [3.63, 3.8) is 0 Å². The molecular weight excluding hydrogens is 343 g/mol. The lowest BCUT2D eigenvalue weighted by atomic mass is 10.3. The summed E-state index contributed by atoms with van der Waals surface area (Å²) < 4.78 is 1.42. The van der Waals surface area contributed by atoms with E-state index in [9.17, 15) is 10.1 Å². The largest absolute Gasteiger partial charge is 0.354 e. The zero-order valence-electron chi connectivity index (χ0n) is 11.3. The monoisotopic (exact) mass is 350 g/mol. The lowest BCUT2D eigenvalue weighted by Gasteiger charge is -2.10. The predicted octanol–water partition coefficient (Wildman–Crippen LogP) is 3.62. The number of halogens is 2. The van der Waals surface area contributed by atoms with E-state index in [4.69, 9.17) is 23.2 Å². The fourth-order valence-corrected chi connectivity index (χ4v) is 2.26. The Morgan fingerprint density at radius 3 is 2.78 bits per heavy atom. The van der Waals surface area contributed by atoms with Crippen molar-refractivity contribution >= 4 is 40.4 Å². The van der Waals surface area contributed by atoms with Crippen LogP contribution in [0.4, 0.5) is 17.2 Å². The first-order valence-corrected chi connectivity index (χ1v) is 7.01. The van der Waals surface area contributed by atoms with Crippen molar-refractivity contribution in [3.05, 3.63) is 63.4 Å². The number of rotatable bonds is 4. The molecule has 0 atom stereocenters. The normalized spacial score (nSPS) is 10.5. The Morgan fingerprint density at radius 2 is 2.09 bits per heavy atom. The van der Waals surface area contributed by atoms with Gasteiger partial charge in [0.1, 0.15) is 12.7 Å². The van der Waals surface area contributed by atoms with E-state index in [1.165, 1.54) is 23.4 Å². The molecule has 1 aromatic carbocycles. The molecule has 10 heteroatoms. The zero-order chi connectivity index (χ0) is 16.4. The Kier molecular flexibility index (Phi) is 4.09. The Bertz CT molecular complexity index is 869. The quantitative estimate of drug-likeness (QED) is 0.569. The summed E-state index contributed by atoms with van der Waals surface area (Å²) >= 11 is 12.0. The van der Waals surface area contributed by atoms with Crippen LogP contribution in [0.3, 0.4) is 0 Å². The van der Waals surface area contributed by atoms with Gasteiger partial charge in [-0.25, -0.2) is 15.0 Å². The molecule has 23 heavy (non-hydrogen) atoms. The number of imidazole rings is 1. The highest BCUT2D eigenvalue weighted by molar-refractivity contribution is 6.35. The molecule has 8 nitrogen and oxygen atoms in total. The second-order valence-corrected chi connectivity index (χ2v) is 5.21. The molecule has 0 spiro atoms. The van der Waals surface area contributed by atoms with E-state index in [-0.39, 0.29) is 17.3 Å². The SMILES string of the molecule is O=[N+]([O-])c1c(Nc2cc(Cl)ccc2Cl)ncnc1-n1ccnc1. The summed E-state index contributed by atoms with van der Waals surface area (Å²) in [5.74, 6) is 0.0843. The van der Waals surface area contributed by atoms with E-state index in [1.807, 2.05) is 0 Å². The molecule has 0 amide bonds. The maximum absolute atomic E-state index is 11.5. The molecule has 3 aromatic rings. The van der Waals surface area contributed by atoms with Crippen LogP contribution in [-0.4, -0.2) is 24.4 Å². The Balaban J connectivity index is 2.11. The second kappa shape index (κ2) is 6.19. The maximum Gasteiger partial charge on any atom is 0.354 e. The summed E-state index contributed by atoms with van der Waals surface area (Å²) in [4.78, 5) is 22.7. The van der Waals surface area contributed by atoms with E-state index < -0.39 is 4.92 Å². The molecule has 0 aliphatic heterocycles. The van der Waals surface area contributed by atoms with E-state index >= 15 is 0 Å². The van der Waals surface area contributed by atoms with Crippen molar-refractivity contribution in [2.24, 2.45) is 0 Å². The highest BCUT2D eigenvalue weighted by Gasteiger charge is 2.24. The van der Waals surface area contributed by atoms with Crippen LogP contribution in [0.5, 0.6) is 0 Å². The second-order valence-electron chi connectivity index (χ2n) is 4.37. The summed E-state index contributed by atoms with van der Waals surface area (Å²) in [5, 5.41) is 15.1. The predicted molar refractivity (Wildman–Crippen MR) is 85.6 cm³/mol. The van der Waals surface area contributed by atoms with Gasteiger partial charge in [0.25, 0.3) is 0 Å². The average Bonchev–Trinajstić information content (AvgIpc) is 3.04. The minimum atomic E-state index is -0.573. The van der Waals surface area contributed by atoms with Crippen molar-refractivity contribution in [1.82, 2.24) is 19.5 Å². The molecule has 0 aliphatic carbocycles. The fourth-order valence-electron chi connectivity index (χ4n) is 1.92. The van der Waals surface area contributed by atoms with Gasteiger partial charge in [-0.3, -0.25) is 14.7 Å². The van der Waals surface area contributed by atoms with Gasteiger partial charge in [-0.15, -0.1) is 0 Å². The van der Waals surface area contributed by atoms with Crippen molar-refractivity contribution < 1.29 is 4.92 Å². The molecule has 0 fully saturated rings. The Labute approximate surface area is 139 Å². The van der Waals surface area contributed by atoms with Gasteiger partial charge < -0.3 is 5.32 Å². The number of benzene rings is 1. The first kappa shape index (κ1) is 15.2. The molecule has 116 valence electrons. The van der Waals surface area contributed by atoms with Gasteiger partial charge in [0.15, 0.2) is 0 Å². The lowest BCUT2D eigenvalue weighted by Crippen LogP contribution is -2.07. The number of hydrogen-bond donors (Lipinski definition) is 1. The van der Waals surface area contributed by atoms with Gasteiger partial charge in [0.2, 0.25) is 11.6 Å². The van der Waals surface area contributed by atoms with Crippen molar-refractivity contribution in [2.75, 3.05) is 5.32 Å². The van der Waals surface area contributed by atoms with Gasteiger partial charge >= 0.3 is 5.69 Å². The highest BCUT2D eigenvalue weighted by atomic mass is 35.5. The third-order valence-corrected chi connectivity index (χ3v) is 3.48. The standard InChI is InChI=1S/C13H8Cl2N6O2/c14-8-1-2-9(15)10(5-8)19-12-11(21(22)23)13(18-6-17-12)20-4-3-16-7-20/h1-7H,(H,17,18,19). The Hall–Kier alpha value is -2.71. The van der Waals surface area contributed by atoms with Crippen LogP contribution >= 0.6 is 23.2 Å². The smallest absolute Gasteiger partial charge is 0.333 e. The molecule has 3 rings (SSSR count). The molecule has 0 saturated heterocycles. The minimum Gasteiger partial charge on any atom is -0.333 e. The van der Waals surface area contributed by atoms with Crippen LogP contribution in [0.2, 0.25) is 10.0 Å². The zero-order valence-corrected chi connectivity index (χ0v) is 12.9. The molecular formula is C13H8Cl2N6O2. The van der Waals surface area contributed by atoms with E-state index in [0.717, 1.165) is 0 Å². The van der Waals surface area contributed by atoms with Gasteiger partial charge in [-0.1, -0.05) is 23.2 Å². The summed E-state index contributed by atoms with van der Waals surface area (Å²) in [6, 6.07) is 4.74. The van der Waals surface area contributed by atoms with Gasteiger partial charge in [-0.2, -0.15) is 0 Å². The van der Waals surface area contributed by atoms with Crippen molar-refractivity contribution in [3.8, 4) is 5.82 Å². The third kappa shape index (κ3) is 3.08. The number of aromatic nitrogens is 4. The van der Waals surface area contributed by atoms with Gasteiger partial charge in [0.05, 0.1) is 15.6 Å². The van der Waals surface area contributed by atoms with E-state index in [1.54, 1.807) is 24.4 Å². The number of hydrogen-bond acceptors (Lipinski definition) is 6. The summed E-state index contributed by atoms with van der Waals surface area (Å²) in [7, 11) is 0. The van der Waals surface area contributed by atoms with E-state index in [2.05, 4.69) is 20.3 Å². The topological polar surface area (TPSA) is 98.8 Å². The van der Waals surface area contributed by atoms with Crippen molar-refractivity contribution in [2.45, 2.75) is 0 Å². The van der Waals surface area contributed by atoms with Crippen LogP contribution in [0.1, 0.15) is 0 Å². The van der Waals surface area contributed by atoms with Crippen LogP contribution in [0.15, 0.2) is 43.2 Å². The lowest BCUT2D eigenvalue weighted by molar-refractivity contribution is -0.384. The number of nitrogens with one attached hydrogen (secondary N) is 1. The Morgan fingerprint density at radius 1 is 1.26 bits per heavy atom. The average molecular weight is 351 g/mol. The molecule has 0 aliphatic rings. The molecule has 1 N–H and O–H groups in total.